The average Bonchev–Trinajstić information content (AvgIpc) is 2.29. The lowest BCUT2D eigenvalue weighted by Gasteiger charge is -2.21. The summed E-state index contributed by atoms with van der Waals surface area (Å²) >= 11 is 4.17. The van der Waals surface area contributed by atoms with E-state index in [1.165, 1.54) is 0 Å². The summed E-state index contributed by atoms with van der Waals surface area (Å²) in [6, 6.07) is 7.06. The predicted molar refractivity (Wildman–Crippen MR) is 71.5 cm³/mol. The molecule has 1 aromatic rings. The summed E-state index contributed by atoms with van der Waals surface area (Å²) in [6.45, 7) is 4.13. The minimum absolute atomic E-state index is 0.00294. The van der Waals surface area contributed by atoms with Gasteiger partial charge in [0.1, 0.15) is 0 Å². The molecule has 1 amide bonds. The molecule has 0 bridgehead atoms. The molecule has 0 heterocycles. The molecular formula is C13H19NO2S. The molecule has 0 spiro atoms. The molecule has 0 aliphatic rings. The highest BCUT2D eigenvalue weighted by atomic mass is 32.1. The Balaban J connectivity index is 2.66. The van der Waals surface area contributed by atoms with E-state index < -0.39 is 0 Å². The molecule has 94 valence electrons. The number of hydrogen-bond acceptors (Lipinski definition) is 3. The second kappa shape index (κ2) is 6.67. The summed E-state index contributed by atoms with van der Waals surface area (Å²) in [5, 5.41) is 11.9. The standard InChI is InChI=1S/C13H19NO2S/c1-9(2)12(7-8-15)14-13(16)10-3-5-11(17)6-4-10/h3-6,9,12,15,17H,7-8H2,1-2H3,(H,14,16). The highest BCUT2D eigenvalue weighted by Gasteiger charge is 2.16. The largest absolute Gasteiger partial charge is 0.396 e. The Kier molecular flexibility index (Phi) is 5.51. The van der Waals surface area contributed by atoms with Crippen molar-refractivity contribution in [2.24, 2.45) is 5.92 Å². The summed E-state index contributed by atoms with van der Waals surface area (Å²) in [7, 11) is 0. The number of carbonyl (C=O) groups excluding carboxylic acids is 1. The van der Waals surface area contributed by atoms with Gasteiger partial charge in [0.05, 0.1) is 0 Å². The third-order valence-corrected chi connectivity index (χ3v) is 2.99. The molecule has 3 nitrogen and oxygen atoms in total. The fourth-order valence-corrected chi connectivity index (χ4v) is 1.72. The molecule has 17 heavy (non-hydrogen) atoms. The van der Waals surface area contributed by atoms with Crippen molar-refractivity contribution in [1.29, 1.82) is 0 Å². The maximum Gasteiger partial charge on any atom is 0.251 e. The molecule has 4 heteroatoms. The van der Waals surface area contributed by atoms with E-state index >= 15 is 0 Å². The van der Waals surface area contributed by atoms with Crippen LogP contribution in [0.5, 0.6) is 0 Å². The van der Waals surface area contributed by atoms with Gasteiger partial charge in [0.25, 0.3) is 5.91 Å². The predicted octanol–water partition coefficient (Wildman–Crippen LogP) is 2.11. The summed E-state index contributed by atoms with van der Waals surface area (Å²) in [5.74, 6) is 0.195. The molecule has 1 rings (SSSR count). The number of hydrogen-bond donors (Lipinski definition) is 3. The normalized spacial score (nSPS) is 12.5. The number of thiol groups is 1. The van der Waals surface area contributed by atoms with Crippen molar-refractivity contribution in [3.05, 3.63) is 29.8 Å². The number of aliphatic hydroxyl groups is 1. The van der Waals surface area contributed by atoms with Crippen molar-refractivity contribution in [3.8, 4) is 0 Å². The van der Waals surface area contributed by atoms with E-state index in [-0.39, 0.29) is 18.6 Å². The Morgan fingerprint density at radius 1 is 1.35 bits per heavy atom. The molecule has 0 saturated carbocycles. The van der Waals surface area contributed by atoms with E-state index in [9.17, 15) is 4.79 Å². The van der Waals surface area contributed by atoms with Crippen LogP contribution < -0.4 is 5.32 Å². The molecular weight excluding hydrogens is 234 g/mol. The minimum atomic E-state index is -0.106. The zero-order chi connectivity index (χ0) is 12.8. The molecule has 1 aromatic carbocycles. The Labute approximate surface area is 108 Å². The number of carbonyl (C=O) groups is 1. The van der Waals surface area contributed by atoms with Gasteiger partial charge in [-0.1, -0.05) is 13.8 Å². The van der Waals surface area contributed by atoms with Crippen molar-refractivity contribution in [2.45, 2.75) is 31.2 Å². The zero-order valence-corrected chi connectivity index (χ0v) is 11.1. The van der Waals surface area contributed by atoms with Crippen molar-refractivity contribution in [2.75, 3.05) is 6.61 Å². The number of rotatable bonds is 5. The van der Waals surface area contributed by atoms with Gasteiger partial charge in [0.2, 0.25) is 0 Å². The number of amides is 1. The van der Waals surface area contributed by atoms with Gasteiger partial charge in [-0.05, 0) is 36.6 Å². The molecule has 0 aliphatic carbocycles. The highest BCUT2D eigenvalue weighted by molar-refractivity contribution is 7.80. The van der Waals surface area contributed by atoms with Crippen molar-refractivity contribution >= 4 is 18.5 Å². The molecule has 0 fully saturated rings. The van der Waals surface area contributed by atoms with Crippen LogP contribution in [0.2, 0.25) is 0 Å². The fourth-order valence-electron chi connectivity index (χ4n) is 1.58. The Morgan fingerprint density at radius 2 is 1.94 bits per heavy atom. The van der Waals surface area contributed by atoms with Gasteiger partial charge >= 0.3 is 0 Å². The maximum absolute atomic E-state index is 11.9. The highest BCUT2D eigenvalue weighted by Crippen LogP contribution is 2.10. The number of aliphatic hydroxyl groups excluding tert-OH is 1. The second-order valence-corrected chi connectivity index (χ2v) is 4.90. The SMILES string of the molecule is CC(C)C(CCO)NC(=O)c1ccc(S)cc1. The van der Waals surface area contributed by atoms with Gasteiger partial charge in [0.15, 0.2) is 0 Å². The van der Waals surface area contributed by atoms with Gasteiger partial charge in [-0.25, -0.2) is 0 Å². The van der Waals surface area contributed by atoms with Crippen LogP contribution in [0.15, 0.2) is 29.2 Å². The van der Waals surface area contributed by atoms with Crippen LogP contribution in [0, 0.1) is 5.92 Å². The Bertz CT molecular complexity index is 362. The van der Waals surface area contributed by atoms with Crippen molar-refractivity contribution in [1.82, 2.24) is 5.32 Å². The molecule has 1 atom stereocenters. The Hall–Kier alpha value is -1.00. The molecule has 0 radical (unpaired) electrons. The monoisotopic (exact) mass is 253 g/mol. The van der Waals surface area contributed by atoms with Gasteiger partial charge in [-0.2, -0.15) is 0 Å². The third-order valence-electron chi connectivity index (χ3n) is 2.69. The van der Waals surface area contributed by atoms with Crippen LogP contribution in [0.3, 0.4) is 0 Å². The topological polar surface area (TPSA) is 49.3 Å². The molecule has 1 unspecified atom stereocenters. The van der Waals surface area contributed by atoms with Crippen LogP contribution in [0.25, 0.3) is 0 Å². The third kappa shape index (κ3) is 4.40. The first kappa shape index (κ1) is 14.1. The quantitative estimate of drug-likeness (QED) is 0.704. The van der Waals surface area contributed by atoms with Crippen LogP contribution in [-0.4, -0.2) is 23.7 Å². The molecule has 2 N–H and O–H groups in total. The lowest BCUT2D eigenvalue weighted by atomic mass is 10.0. The first-order chi connectivity index (χ1) is 8.04. The van der Waals surface area contributed by atoms with Gasteiger partial charge in [0, 0.05) is 23.1 Å². The van der Waals surface area contributed by atoms with E-state index in [2.05, 4.69) is 17.9 Å². The molecule has 0 saturated heterocycles. The van der Waals surface area contributed by atoms with E-state index in [4.69, 9.17) is 5.11 Å². The number of nitrogens with one attached hydrogen (secondary N) is 1. The van der Waals surface area contributed by atoms with Gasteiger partial charge in [-0.3, -0.25) is 4.79 Å². The average molecular weight is 253 g/mol. The Morgan fingerprint density at radius 3 is 2.41 bits per heavy atom. The van der Waals surface area contributed by atoms with Crippen LogP contribution in [-0.2, 0) is 0 Å². The lowest BCUT2D eigenvalue weighted by molar-refractivity contribution is 0.0916. The molecule has 0 aromatic heterocycles. The van der Waals surface area contributed by atoms with E-state index in [1.807, 2.05) is 13.8 Å². The lowest BCUT2D eigenvalue weighted by Crippen LogP contribution is -2.39. The summed E-state index contributed by atoms with van der Waals surface area (Å²) < 4.78 is 0. The number of benzene rings is 1. The van der Waals surface area contributed by atoms with Crippen LogP contribution in [0.4, 0.5) is 0 Å². The van der Waals surface area contributed by atoms with E-state index in [0.717, 1.165) is 4.90 Å². The van der Waals surface area contributed by atoms with Gasteiger partial charge < -0.3 is 10.4 Å². The second-order valence-electron chi connectivity index (χ2n) is 4.38. The van der Waals surface area contributed by atoms with Crippen LogP contribution >= 0.6 is 12.6 Å². The van der Waals surface area contributed by atoms with E-state index in [0.29, 0.717) is 17.9 Å². The summed E-state index contributed by atoms with van der Waals surface area (Å²) in [5.41, 5.74) is 0.617. The van der Waals surface area contributed by atoms with Crippen LogP contribution in [0.1, 0.15) is 30.6 Å². The van der Waals surface area contributed by atoms with Gasteiger partial charge in [-0.15, -0.1) is 12.6 Å². The minimum Gasteiger partial charge on any atom is -0.396 e. The zero-order valence-electron chi connectivity index (χ0n) is 10.2. The summed E-state index contributed by atoms with van der Waals surface area (Å²) in [4.78, 5) is 12.8. The summed E-state index contributed by atoms with van der Waals surface area (Å²) in [6.07, 6.45) is 0.577. The van der Waals surface area contributed by atoms with Crippen molar-refractivity contribution in [3.63, 3.8) is 0 Å². The first-order valence-electron chi connectivity index (χ1n) is 5.75. The smallest absolute Gasteiger partial charge is 0.251 e. The van der Waals surface area contributed by atoms with E-state index in [1.54, 1.807) is 24.3 Å². The van der Waals surface area contributed by atoms with Crippen molar-refractivity contribution < 1.29 is 9.90 Å². The maximum atomic E-state index is 11.9. The fraction of sp³-hybridized carbons (Fsp3) is 0.462. The molecule has 0 aliphatic heterocycles. The first-order valence-corrected chi connectivity index (χ1v) is 6.20.